The molecule has 5 rings (SSSR count). The first-order chi connectivity index (χ1) is 21.1. The smallest absolute Gasteiger partial charge is 0.275 e. The van der Waals surface area contributed by atoms with Gasteiger partial charge in [-0.2, -0.15) is 5.21 Å². The topological polar surface area (TPSA) is 116 Å². The standard InChI is InChI=1S/C33H39F2N7O2/c1-5-8-27(21-9-11-22(12-10-21)30(43)36-20-28-38-40-41-39-28)42-31(44)29(23-17-25(34)19-26(35)18-23)37-33(42)15-13-24(14-16-33)32(4,6-2)7-3/h6,9-12,17-19,24,27H,2,5,7-8,13-16,20H2,1,3-4H3,(H,36,43)(H,38,39,40,41). The summed E-state index contributed by atoms with van der Waals surface area (Å²) in [7, 11) is 0. The number of allylic oxidation sites excluding steroid dienone is 1. The molecular formula is C33H39F2N7O2. The van der Waals surface area contributed by atoms with Gasteiger partial charge >= 0.3 is 0 Å². The zero-order valence-corrected chi connectivity index (χ0v) is 25.4. The molecule has 232 valence electrons. The van der Waals surface area contributed by atoms with E-state index in [1.165, 1.54) is 12.1 Å². The van der Waals surface area contributed by atoms with Crippen molar-refractivity contribution in [2.75, 3.05) is 0 Å². The molecule has 2 heterocycles. The predicted molar refractivity (Wildman–Crippen MR) is 162 cm³/mol. The van der Waals surface area contributed by atoms with Crippen LogP contribution in [-0.2, 0) is 11.3 Å². The second kappa shape index (κ2) is 12.8. The number of aromatic amines is 1. The van der Waals surface area contributed by atoms with E-state index < -0.39 is 17.3 Å². The number of carbonyl (C=O) groups is 2. The molecule has 11 heteroatoms. The lowest BCUT2D eigenvalue weighted by atomic mass is 9.66. The molecule has 2 aliphatic rings. The number of nitrogens with one attached hydrogen (secondary N) is 2. The molecule has 9 nitrogen and oxygen atoms in total. The third-order valence-corrected chi connectivity index (χ3v) is 9.50. The lowest BCUT2D eigenvalue weighted by Crippen LogP contribution is -2.51. The van der Waals surface area contributed by atoms with Gasteiger partial charge in [0.2, 0.25) is 0 Å². The highest BCUT2D eigenvalue weighted by Gasteiger charge is 2.53. The molecule has 1 aromatic heterocycles. The fourth-order valence-corrected chi connectivity index (χ4v) is 6.71. The van der Waals surface area contributed by atoms with Crippen LogP contribution in [0.5, 0.6) is 0 Å². The molecule has 2 aromatic carbocycles. The highest BCUT2D eigenvalue weighted by atomic mass is 19.1. The van der Waals surface area contributed by atoms with Gasteiger partial charge < -0.3 is 10.2 Å². The highest BCUT2D eigenvalue weighted by molar-refractivity contribution is 6.46. The molecule has 2 amide bonds. The number of nitrogens with zero attached hydrogens (tertiary/aromatic N) is 5. The van der Waals surface area contributed by atoms with Crippen molar-refractivity contribution in [3.63, 3.8) is 0 Å². The quantitative estimate of drug-likeness (QED) is 0.258. The number of aromatic nitrogens is 4. The first-order valence-electron chi connectivity index (χ1n) is 15.3. The first kappa shape index (κ1) is 31.2. The number of H-pyrrole nitrogens is 1. The van der Waals surface area contributed by atoms with Crippen LogP contribution in [0.1, 0.15) is 99.1 Å². The van der Waals surface area contributed by atoms with Crippen LogP contribution < -0.4 is 5.32 Å². The number of rotatable bonds is 11. The maximum Gasteiger partial charge on any atom is 0.275 e. The highest BCUT2D eigenvalue weighted by Crippen LogP contribution is 2.51. The van der Waals surface area contributed by atoms with Crippen molar-refractivity contribution in [2.24, 2.45) is 16.3 Å². The van der Waals surface area contributed by atoms with Crippen LogP contribution in [0.3, 0.4) is 0 Å². The van der Waals surface area contributed by atoms with E-state index in [4.69, 9.17) is 4.99 Å². The molecule has 0 radical (unpaired) electrons. The molecule has 2 N–H and O–H groups in total. The number of carbonyl (C=O) groups excluding carboxylic acids is 2. The molecular weight excluding hydrogens is 564 g/mol. The second-order valence-corrected chi connectivity index (χ2v) is 12.1. The first-order valence-corrected chi connectivity index (χ1v) is 15.3. The summed E-state index contributed by atoms with van der Waals surface area (Å²) in [5.41, 5.74) is 0.666. The van der Waals surface area contributed by atoms with Gasteiger partial charge in [-0.25, -0.2) is 8.78 Å². The molecule has 1 saturated carbocycles. The minimum atomic E-state index is -0.845. The van der Waals surface area contributed by atoms with E-state index in [1.807, 2.05) is 23.1 Å². The van der Waals surface area contributed by atoms with Crippen molar-refractivity contribution in [1.82, 2.24) is 30.8 Å². The Bertz CT molecular complexity index is 1510. The van der Waals surface area contributed by atoms with Crippen LogP contribution >= 0.6 is 0 Å². The summed E-state index contributed by atoms with van der Waals surface area (Å²) in [6, 6.07) is 9.98. The summed E-state index contributed by atoms with van der Waals surface area (Å²) >= 11 is 0. The van der Waals surface area contributed by atoms with E-state index in [0.29, 0.717) is 36.6 Å². The zero-order valence-electron chi connectivity index (χ0n) is 25.4. The van der Waals surface area contributed by atoms with Crippen LogP contribution in [0.15, 0.2) is 60.1 Å². The Morgan fingerprint density at radius 3 is 2.43 bits per heavy atom. The monoisotopic (exact) mass is 603 g/mol. The second-order valence-electron chi connectivity index (χ2n) is 12.1. The van der Waals surface area contributed by atoms with E-state index in [-0.39, 0.29) is 41.1 Å². The SMILES string of the molecule is C=CC(C)(CC)C1CCC2(CC1)N=C(c1cc(F)cc(F)c1)C(=O)N2C(CCC)c1ccc(C(=O)NCc2nn[nH]n2)cc1. The van der Waals surface area contributed by atoms with Gasteiger partial charge in [0.15, 0.2) is 5.82 Å². The van der Waals surface area contributed by atoms with Gasteiger partial charge in [0.05, 0.1) is 12.6 Å². The lowest BCUT2D eigenvalue weighted by molar-refractivity contribution is -0.133. The van der Waals surface area contributed by atoms with Crippen molar-refractivity contribution in [3.8, 4) is 0 Å². The summed E-state index contributed by atoms with van der Waals surface area (Å²) in [6.07, 6.45) is 7.38. The molecule has 1 aliphatic heterocycles. The number of hydrogen-bond donors (Lipinski definition) is 2. The molecule has 1 fully saturated rings. The molecule has 3 aromatic rings. The van der Waals surface area contributed by atoms with E-state index in [1.54, 1.807) is 12.1 Å². The van der Waals surface area contributed by atoms with Gasteiger partial charge in [0.1, 0.15) is 23.0 Å². The van der Waals surface area contributed by atoms with Gasteiger partial charge in [-0.3, -0.25) is 14.6 Å². The van der Waals surface area contributed by atoms with Gasteiger partial charge in [0.25, 0.3) is 11.8 Å². The van der Waals surface area contributed by atoms with Crippen molar-refractivity contribution >= 4 is 17.5 Å². The Hall–Kier alpha value is -4.28. The Labute approximate surface area is 256 Å². The number of halogens is 2. The molecule has 44 heavy (non-hydrogen) atoms. The number of hydrogen-bond acceptors (Lipinski definition) is 6. The molecule has 1 spiro atoms. The number of benzene rings is 2. The average molecular weight is 604 g/mol. The van der Waals surface area contributed by atoms with Gasteiger partial charge in [-0.05, 0) is 79.7 Å². The number of tetrazole rings is 1. The fourth-order valence-electron chi connectivity index (χ4n) is 6.71. The van der Waals surface area contributed by atoms with Crippen LogP contribution in [0, 0.1) is 23.0 Å². The molecule has 0 saturated heterocycles. The van der Waals surface area contributed by atoms with Crippen LogP contribution in [-0.4, -0.2) is 48.7 Å². The van der Waals surface area contributed by atoms with Crippen molar-refractivity contribution < 1.29 is 18.4 Å². The summed E-state index contributed by atoms with van der Waals surface area (Å²) in [4.78, 5) is 34.0. The Morgan fingerprint density at radius 2 is 1.86 bits per heavy atom. The minimum Gasteiger partial charge on any atom is -0.345 e. The Kier molecular flexibility index (Phi) is 9.03. The Balaban J connectivity index is 1.47. The van der Waals surface area contributed by atoms with E-state index in [0.717, 1.165) is 37.3 Å². The van der Waals surface area contributed by atoms with Crippen LogP contribution in [0.4, 0.5) is 8.78 Å². The normalized spacial score (nSPS) is 22.0. The molecule has 1 aliphatic carbocycles. The van der Waals surface area contributed by atoms with E-state index in [9.17, 15) is 18.4 Å². The van der Waals surface area contributed by atoms with Gasteiger partial charge in [0, 0.05) is 17.2 Å². The summed E-state index contributed by atoms with van der Waals surface area (Å²) in [5, 5.41) is 16.3. The zero-order chi connectivity index (χ0) is 31.5. The average Bonchev–Trinajstić information content (AvgIpc) is 3.64. The van der Waals surface area contributed by atoms with Crippen molar-refractivity contribution in [3.05, 3.63) is 89.3 Å². The maximum atomic E-state index is 14.3. The van der Waals surface area contributed by atoms with Crippen molar-refractivity contribution in [1.29, 1.82) is 0 Å². The number of amides is 2. The van der Waals surface area contributed by atoms with E-state index in [2.05, 4.69) is 53.3 Å². The fraction of sp³-hybridized carbons (Fsp3) is 0.455. The molecule has 2 atom stereocenters. The number of aliphatic imine (C=N–C) groups is 1. The van der Waals surface area contributed by atoms with Crippen LogP contribution in [0.25, 0.3) is 0 Å². The Morgan fingerprint density at radius 1 is 1.18 bits per heavy atom. The summed E-state index contributed by atoms with van der Waals surface area (Å²) in [6.45, 7) is 10.7. The third-order valence-electron chi connectivity index (χ3n) is 9.50. The lowest BCUT2D eigenvalue weighted by Gasteiger charge is -2.48. The van der Waals surface area contributed by atoms with Crippen LogP contribution in [0.2, 0.25) is 0 Å². The summed E-state index contributed by atoms with van der Waals surface area (Å²) < 4.78 is 28.6. The minimum absolute atomic E-state index is 0.0315. The van der Waals surface area contributed by atoms with E-state index >= 15 is 0 Å². The van der Waals surface area contributed by atoms with Gasteiger partial charge in [-0.15, -0.1) is 16.8 Å². The third kappa shape index (κ3) is 6.05. The molecule has 2 unspecified atom stereocenters. The van der Waals surface area contributed by atoms with Crippen molar-refractivity contribution in [2.45, 2.75) is 84.0 Å². The molecule has 0 bridgehead atoms. The largest absolute Gasteiger partial charge is 0.345 e. The van der Waals surface area contributed by atoms with Gasteiger partial charge in [-0.1, -0.05) is 50.6 Å². The maximum absolute atomic E-state index is 14.3. The predicted octanol–water partition coefficient (Wildman–Crippen LogP) is 6.07. The summed E-state index contributed by atoms with van der Waals surface area (Å²) in [5.74, 6) is -1.39.